The van der Waals surface area contributed by atoms with E-state index in [1.54, 1.807) is 18.4 Å². The van der Waals surface area contributed by atoms with Crippen molar-refractivity contribution in [3.05, 3.63) is 22.4 Å². The SMILES string of the molecule is CC(=O)N(C)CC(=O)N1CCC[C@@H]1c1ccsc1. The molecule has 1 aliphatic rings. The Hall–Kier alpha value is -1.36. The Bertz CT molecular complexity index is 430. The first-order chi connectivity index (χ1) is 8.59. The van der Waals surface area contributed by atoms with E-state index in [9.17, 15) is 9.59 Å². The largest absolute Gasteiger partial charge is 0.337 e. The molecule has 1 atom stereocenters. The Kier molecular flexibility index (Phi) is 4.01. The highest BCUT2D eigenvalue weighted by Gasteiger charge is 2.30. The van der Waals surface area contributed by atoms with Gasteiger partial charge in [-0.3, -0.25) is 9.59 Å². The molecule has 1 fully saturated rings. The number of carbonyl (C=O) groups excluding carboxylic acids is 2. The zero-order valence-corrected chi connectivity index (χ0v) is 11.6. The maximum Gasteiger partial charge on any atom is 0.242 e. The van der Waals surface area contributed by atoms with Crippen LogP contribution in [0.25, 0.3) is 0 Å². The Morgan fingerprint density at radius 2 is 2.33 bits per heavy atom. The van der Waals surface area contributed by atoms with Gasteiger partial charge in [-0.05, 0) is 35.2 Å². The quantitative estimate of drug-likeness (QED) is 0.838. The first kappa shape index (κ1) is 13.1. The molecule has 0 radical (unpaired) electrons. The molecule has 1 aromatic rings. The third kappa shape index (κ3) is 2.72. The van der Waals surface area contributed by atoms with Crippen LogP contribution in [-0.2, 0) is 9.59 Å². The van der Waals surface area contributed by atoms with Crippen molar-refractivity contribution in [2.75, 3.05) is 20.1 Å². The van der Waals surface area contributed by atoms with Crippen LogP contribution in [0.5, 0.6) is 0 Å². The summed E-state index contributed by atoms with van der Waals surface area (Å²) in [7, 11) is 1.66. The van der Waals surface area contributed by atoms with Crippen LogP contribution in [0.15, 0.2) is 16.8 Å². The van der Waals surface area contributed by atoms with Crippen molar-refractivity contribution in [3.8, 4) is 0 Å². The van der Waals surface area contributed by atoms with Gasteiger partial charge in [-0.2, -0.15) is 11.3 Å². The maximum absolute atomic E-state index is 12.2. The molecule has 0 unspecified atom stereocenters. The van der Waals surface area contributed by atoms with Crippen LogP contribution in [0.3, 0.4) is 0 Å². The van der Waals surface area contributed by atoms with Gasteiger partial charge >= 0.3 is 0 Å². The fourth-order valence-electron chi connectivity index (χ4n) is 2.28. The summed E-state index contributed by atoms with van der Waals surface area (Å²) < 4.78 is 0. The Labute approximate surface area is 111 Å². The second-order valence-corrected chi connectivity index (χ2v) is 5.46. The summed E-state index contributed by atoms with van der Waals surface area (Å²) in [5.74, 6) is -0.0315. The van der Waals surface area contributed by atoms with Crippen molar-refractivity contribution < 1.29 is 9.59 Å². The van der Waals surface area contributed by atoms with Crippen LogP contribution < -0.4 is 0 Å². The lowest BCUT2D eigenvalue weighted by atomic mass is 10.1. The van der Waals surface area contributed by atoms with Crippen LogP contribution in [0.4, 0.5) is 0 Å². The van der Waals surface area contributed by atoms with E-state index in [4.69, 9.17) is 0 Å². The van der Waals surface area contributed by atoms with Crippen molar-refractivity contribution in [2.24, 2.45) is 0 Å². The lowest BCUT2D eigenvalue weighted by molar-refractivity contribution is -0.139. The zero-order chi connectivity index (χ0) is 13.1. The molecule has 2 amide bonds. The van der Waals surface area contributed by atoms with Crippen molar-refractivity contribution in [1.29, 1.82) is 0 Å². The summed E-state index contributed by atoms with van der Waals surface area (Å²) in [6.45, 7) is 2.45. The Morgan fingerprint density at radius 3 is 2.94 bits per heavy atom. The number of hydrogen-bond donors (Lipinski definition) is 0. The Balaban J connectivity index is 2.03. The van der Waals surface area contributed by atoms with E-state index < -0.39 is 0 Å². The summed E-state index contributed by atoms with van der Waals surface area (Å²) in [4.78, 5) is 26.7. The van der Waals surface area contributed by atoms with E-state index in [0.717, 1.165) is 19.4 Å². The van der Waals surface area contributed by atoms with Crippen molar-refractivity contribution in [2.45, 2.75) is 25.8 Å². The van der Waals surface area contributed by atoms with Gasteiger partial charge in [-0.15, -0.1) is 0 Å². The van der Waals surface area contributed by atoms with Crippen molar-refractivity contribution in [1.82, 2.24) is 9.80 Å². The van der Waals surface area contributed by atoms with Gasteiger partial charge in [0.25, 0.3) is 0 Å². The molecule has 1 saturated heterocycles. The first-order valence-corrected chi connectivity index (χ1v) is 7.07. The predicted octanol–water partition coefficient (Wildman–Crippen LogP) is 1.89. The number of likely N-dealkylation sites (tertiary alicyclic amines) is 1. The van der Waals surface area contributed by atoms with Crippen LogP contribution in [0.1, 0.15) is 31.4 Å². The minimum atomic E-state index is -0.0744. The molecule has 1 aromatic heterocycles. The van der Waals surface area contributed by atoms with E-state index in [0.29, 0.717) is 0 Å². The average Bonchev–Trinajstić information content (AvgIpc) is 2.99. The van der Waals surface area contributed by atoms with Gasteiger partial charge in [0.15, 0.2) is 0 Å². The zero-order valence-electron chi connectivity index (χ0n) is 10.8. The van der Waals surface area contributed by atoms with E-state index in [-0.39, 0.29) is 24.4 Å². The number of thiophene rings is 1. The van der Waals surface area contributed by atoms with Gasteiger partial charge in [0.05, 0.1) is 12.6 Å². The molecule has 2 rings (SSSR count). The standard InChI is InChI=1S/C13H18N2O2S/c1-10(16)14(2)8-13(17)15-6-3-4-12(15)11-5-7-18-9-11/h5,7,9,12H,3-4,6,8H2,1-2H3/t12-/m1/s1. The first-order valence-electron chi connectivity index (χ1n) is 6.13. The molecular formula is C13H18N2O2S. The smallest absolute Gasteiger partial charge is 0.242 e. The molecule has 1 aliphatic heterocycles. The summed E-state index contributed by atoms with van der Waals surface area (Å²) in [5, 5.41) is 4.14. The molecule has 0 aliphatic carbocycles. The van der Waals surface area contributed by atoms with Gasteiger partial charge in [0, 0.05) is 20.5 Å². The second-order valence-electron chi connectivity index (χ2n) is 4.68. The molecule has 5 heteroatoms. The third-order valence-corrected chi connectivity index (χ3v) is 4.11. The van der Waals surface area contributed by atoms with E-state index in [1.165, 1.54) is 17.4 Å². The van der Waals surface area contributed by atoms with Gasteiger partial charge < -0.3 is 9.80 Å². The van der Waals surface area contributed by atoms with E-state index in [1.807, 2.05) is 10.3 Å². The molecule has 0 bridgehead atoms. The fourth-order valence-corrected chi connectivity index (χ4v) is 2.99. The molecule has 18 heavy (non-hydrogen) atoms. The van der Waals surface area contributed by atoms with Gasteiger partial charge in [-0.25, -0.2) is 0 Å². The number of hydrogen-bond acceptors (Lipinski definition) is 3. The molecule has 2 heterocycles. The van der Waals surface area contributed by atoms with Crippen LogP contribution >= 0.6 is 11.3 Å². The molecule has 4 nitrogen and oxygen atoms in total. The summed E-state index contributed by atoms with van der Waals surface area (Å²) in [5.41, 5.74) is 1.22. The van der Waals surface area contributed by atoms with Crippen LogP contribution in [-0.4, -0.2) is 41.8 Å². The average molecular weight is 266 g/mol. The second kappa shape index (κ2) is 5.52. The molecule has 0 saturated carbocycles. The number of likely N-dealkylation sites (N-methyl/N-ethyl adjacent to an activating group) is 1. The summed E-state index contributed by atoms with van der Waals surface area (Å²) >= 11 is 1.66. The summed E-state index contributed by atoms with van der Waals surface area (Å²) in [6, 6.07) is 2.28. The normalized spacial score (nSPS) is 19.0. The molecular weight excluding hydrogens is 248 g/mol. The van der Waals surface area contributed by atoms with Gasteiger partial charge in [0.2, 0.25) is 11.8 Å². The monoisotopic (exact) mass is 266 g/mol. The molecule has 0 aromatic carbocycles. The third-order valence-electron chi connectivity index (χ3n) is 3.41. The molecule has 0 spiro atoms. The fraction of sp³-hybridized carbons (Fsp3) is 0.538. The van der Waals surface area contributed by atoms with Crippen LogP contribution in [0.2, 0.25) is 0 Å². The number of rotatable bonds is 3. The Morgan fingerprint density at radius 1 is 1.56 bits per heavy atom. The van der Waals surface area contributed by atoms with E-state index >= 15 is 0 Å². The molecule has 0 N–H and O–H groups in total. The lowest BCUT2D eigenvalue weighted by Gasteiger charge is -2.26. The maximum atomic E-state index is 12.2. The highest BCUT2D eigenvalue weighted by atomic mass is 32.1. The van der Waals surface area contributed by atoms with Crippen LogP contribution in [0, 0.1) is 0 Å². The highest BCUT2D eigenvalue weighted by molar-refractivity contribution is 7.07. The minimum Gasteiger partial charge on any atom is -0.337 e. The lowest BCUT2D eigenvalue weighted by Crippen LogP contribution is -2.40. The number of carbonyl (C=O) groups is 2. The highest BCUT2D eigenvalue weighted by Crippen LogP contribution is 2.32. The van der Waals surface area contributed by atoms with Crippen molar-refractivity contribution >= 4 is 23.2 Å². The predicted molar refractivity (Wildman–Crippen MR) is 71.3 cm³/mol. The summed E-state index contributed by atoms with van der Waals surface area (Å²) in [6.07, 6.45) is 2.06. The topological polar surface area (TPSA) is 40.6 Å². The molecule has 98 valence electrons. The number of nitrogens with zero attached hydrogens (tertiary/aromatic N) is 2. The van der Waals surface area contributed by atoms with Gasteiger partial charge in [-0.1, -0.05) is 0 Å². The minimum absolute atomic E-state index is 0.0430. The van der Waals surface area contributed by atoms with Crippen molar-refractivity contribution in [3.63, 3.8) is 0 Å². The number of amides is 2. The van der Waals surface area contributed by atoms with Gasteiger partial charge in [0.1, 0.15) is 0 Å². The van der Waals surface area contributed by atoms with E-state index in [2.05, 4.69) is 11.4 Å².